The molecule has 0 aliphatic heterocycles. The van der Waals surface area contributed by atoms with Crippen molar-refractivity contribution >= 4 is 17.2 Å². The number of phenolic OH excluding ortho intramolecular Hbond substituents is 1. The number of hydrogen-bond donors (Lipinski definition) is 1. The summed E-state index contributed by atoms with van der Waals surface area (Å²) >= 11 is 7.30. The SMILES string of the molecule is C=C(CC(Cl)(c1ccc(O)cc1)c1ccc(OCCN(C)C)cc1)c1ccccc1. The molecule has 1 N–H and O–H groups in total. The van der Waals surface area contributed by atoms with Crippen molar-refractivity contribution in [1.29, 1.82) is 0 Å². The van der Waals surface area contributed by atoms with Crippen LogP contribution >= 0.6 is 11.6 Å². The number of hydrogen-bond acceptors (Lipinski definition) is 3. The lowest BCUT2D eigenvalue weighted by Gasteiger charge is -2.30. The fourth-order valence-electron chi connectivity index (χ4n) is 3.33. The van der Waals surface area contributed by atoms with E-state index in [0.717, 1.165) is 34.6 Å². The van der Waals surface area contributed by atoms with Gasteiger partial charge in [0.1, 0.15) is 18.1 Å². The Kier molecular flexibility index (Phi) is 7.20. The molecule has 0 heterocycles. The molecule has 0 aromatic heterocycles. The number of phenols is 1. The van der Waals surface area contributed by atoms with Crippen molar-refractivity contribution in [2.75, 3.05) is 27.2 Å². The first-order chi connectivity index (χ1) is 14.4. The van der Waals surface area contributed by atoms with Crippen LogP contribution < -0.4 is 4.74 Å². The summed E-state index contributed by atoms with van der Waals surface area (Å²) in [6.45, 7) is 5.77. The summed E-state index contributed by atoms with van der Waals surface area (Å²) in [6, 6.07) is 25.0. The molecule has 3 nitrogen and oxygen atoms in total. The van der Waals surface area contributed by atoms with Crippen LogP contribution in [0.4, 0.5) is 0 Å². The summed E-state index contributed by atoms with van der Waals surface area (Å²) in [4.78, 5) is 1.26. The second-order valence-corrected chi connectivity index (χ2v) is 8.32. The number of halogens is 1. The van der Waals surface area contributed by atoms with Gasteiger partial charge < -0.3 is 14.7 Å². The smallest absolute Gasteiger partial charge is 0.119 e. The molecule has 0 saturated carbocycles. The van der Waals surface area contributed by atoms with Crippen LogP contribution in [-0.2, 0) is 4.87 Å². The molecule has 0 aliphatic rings. The molecule has 4 heteroatoms. The van der Waals surface area contributed by atoms with Crippen molar-refractivity contribution in [3.8, 4) is 11.5 Å². The lowest BCUT2D eigenvalue weighted by atomic mass is 9.83. The highest BCUT2D eigenvalue weighted by Crippen LogP contribution is 2.44. The molecule has 3 aromatic carbocycles. The molecule has 0 saturated heterocycles. The largest absolute Gasteiger partial charge is 0.508 e. The zero-order chi connectivity index (χ0) is 21.6. The molecular formula is C26H28ClNO2. The van der Waals surface area contributed by atoms with Gasteiger partial charge in [0.2, 0.25) is 0 Å². The Labute approximate surface area is 184 Å². The molecule has 156 valence electrons. The highest BCUT2D eigenvalue weighted by Gasteiger charge is 2.33. The van der Waals surface area contributed by atoms with Gasteiger partial charge in [0.25, 0.3) is 0 Å². The van der Waals surface area contributed by atoms with Crippen LogP contribution in [0.1, 0.15) is 23.1 Å². The maximum Gasteiger partial charge on any atom is 0.119 e. The predicted octanol–water partition coefficient (Wildman–Crippen LogP) is 5.92. The van der Waals surface area contributed by atoms with Crippen molar-refractivity contribution in [1.82, 2.24) is 4.90 Å². The summed E-state index contributed by atoms with van der Waals surface area (Å²) in [5, 5.41) is 9.73. The average molecular weight is 422 g/mol. The van der Waals surface area contributed by atoms with Crippen molar-refractivity contribution in [3.05, 3.63) is 102 Å². The second kappa shape index (κ2) is 9.84. The van der Waals surface area contributed by atoms with E-state index in [1.54, 1.807) is 12.1 Å². The Balaban J connectivity index is 1.89. The third-order valence-corrected chi connectivity index (χ3v) is 5.65. The van der Waals surface area contributed by atoms with E-state index in [4.69, 9.17) is 16.3 Å². The number of aromatic hydroxyl groups is 1. The molecule has 1 unspecified atom stereocenters. The Morgan fingerprint density at radius 2 is 1.50 bits per heavy atom. The van der Waals surface area contributed by atoms with E-state index >= 15 is 0 Å². The quantitative estimate of drug-likeness (QED) is 0.435. The highest BCUT2D eigenvalue weighted by molar-refractivity contribution is 6.26. The van der Waals surface area contributed by atoms with Gasteiger partial charge in [-0.25, -0.2) is 0 Å². The van der Waals surface area contributed by atoms with Crippen LogP contribution in [-0.4, -0.2) is 37.3 Å². The van der Waals surface area contributed by atoms with Gasteiger partial charge >= 0.3 is 0 Å². The number of ether oxygens (including phenoxy) is 1. The molecule has 3 rings (SSSR count). The van der Waals surface area contributed by atoms with Gasteiger partial charge in [-0.2, -0.15) is 0 Å². The van der Waals surface area contributed by atoms with Gasteiger partial charge in [-0.3, -0.25) is 0 Å². The van der Waals surface area contributed by atoms with Crippen LogP contribution in [0.5, 0.6) is 11.5 Å². The van der Waals surface area contributed by atoms with Crippen molar-refractivity contribution in [2.45, 2.75) is 11.3 Å². The number of allylic oxidation sites excluding steroid dienone is 1. The van der Waals surface area contributed by atoms with Crippen molar-refractivity contribution in [3.63, 3.8) is 0 Å². The molecule has 0 fully saturated rings. The fraction of sp³-hybridized carbons (Fsp3) is 0.231. The summed E-state index contributed by atoms with van der Waals surface area (Å²) in [7, 11) is 4.04. The maximum absolute atomic E-state index is 9.73. The van der Waals surface area contributed by atoms with Crippen LogP contribution in [0.15, 0.2) is 85.4 Å². The summed E-state index contributed by atoms with van der Waals surface area (Å²) < 4.78 is 5.82. The lowest BCUT2D eigenvalue weighted by Crippen LogP contribution is -2.21. The van der Waals surface area contributed by atoms with E-state index in [2.05, 4.69) is 11.5 Å². The minimum absolute atomic E-state index is 0.212. The summed E-state index contributed by atoms with van der Waals surface area (Å²) in [6.07, 6.45) is 0.532. The topological polar surface area (TPSA) is 32.7 Å². The Hall–Kier alpha value is -2.75. The lowest BCUT2D eigenvalue weighted by molar-refractivity contribution is 0.261. The monoisotopic (exact) mass is 421 g/mol. The second-order valence-electron chi connectivity index (χ2n) is 7.67. The van der Waals surface area contributed by atoms with Crippen LogP contribution in [0.3, 0.4) is 0 Å². The van der Waals surface area contributed by atoms with Crippen LogP contribution in [0.25, 0.3) is 5.57 Å². The normalized spacial score (nSPS) is 13.1. The summed E-state index contributed by atoms with van der Waals surface area (Å²) in [5.74, 6) is 1.02. The molecule has 30 heavy (non-hydrogen) atoms. The first kappa shape index (κ1) is 21.9. The first-order valence-corrected chi connectivity index (χ1v) is 10.4. The number of rotatable bonds is 9. The van der Waals surface area contributed by atoms with E-state index in [9.17, 15) is 5.11 Å². The zero-order valence-electron chi connectivity index (χ0n) is 17.5. The molecule has 0 aliphatic carbocycles. The molecule has 0 bridgehead atoms. The Morgan fingerprint density at radius 1 is 0.933 bits per heavy atom. The highest BCUT2D eigenvalue weighted by atomic mass is 35.5. The third-order valence-electron chi connectivity index (χ3n) is 5.08. The number of benzene rings is 3. The van der Waals surface area contributed by atoms with Crippen molar-refractivity contribution in [2.24, 2.45) is 0 Å². The number of alkyl halides is 1. The van der Waals surface area contributed by atoms with Gasteiger partial charge in [-0.1, -0.05) is 61.2 Å². The molecule has 0 amide bonds. The van der Waals surface area contributed by atoms with Gasteiger partial charge in [0.15, 0.2) is 0 Å². The number of nitrogens with zero attached hydrogens (tertiary/aromatic N) is 1. The predicted molar refractivity (Wildman–Crippen MR) is 125 cm³/mol. The van der Waals surface area contributed by atoms with E-state index < -0.39 is 4.87 Å². The molecule has 3 aromatic rings. The Morgan fingerprint density at radius 3 is 2.07 bits per heavy atom. The Bertz CT molecular complexity index is 953. The van der Waals surface area contributed by atoms with Gasteiger partial charge in [-0.15, -0.1) is 11.6 Å². The number of likely N-dealkylation sites (N-methyl/N-ethyl adjacent to an activating group) is 1. The fourth-order valence-corrected chi connectivity index (χ4v) is 3.74. The standard InChI is InChI=1S/C26H28ClNO2/c1-20(21-7-5-4-6-8-21)19-26(27,22-9-13-24(29)14-10-22)23-11-15-25(16-12-23)30-18-17-28(2)3/h4-16,29H,1,17-19H2,2-3H3. The van der Waals surface area contributed by atoms with Crippen LogP contribution in [0.2, 0.25) is 0 Å². The van der Waals surface area contributed by atoms with Gasteiger partial charge in [-0.05, 0) is 67.0 Å². The van der Waals surface area contributed by atoms with E-state index in [-0.39, 0.29) is 5.75 Å². The average Bonchev–Trinajstić information content (AvgIpc) is 2.75. The molecule has 1 atom stereocenters. The van der Waals surface area contributed by atoms with Gasteiger partial charge in [0.05, 0.1) is 4.87 Å². The minimum Gasteiger partial charge on any atom is -0.508 e. The first-order valence-electron chi connectivity index (χ1n) is 9.98. The maximum atomic E-state index is 9.73. The van der Waals surface area contributed by atoms with E-state index in [0.29, 0.717) is 13.0 Å². The molecule has 0 radical (unpaired) electrons. The minimum atomic E-state index is -0.817. The van der Waals surface area contributed by atoms with Crippen molar-refractivity contribution < 1.29 is 9.84 Å². The van der Waals surface area contributed by atoms with Gasteiger partial charge in [0, 0.05) is 6.54 Å². The van der Waals surface area contributed by atoms with E-state index in [1.165, 1.54) is 0 Å². The third kappa shape index (κ3) is 5.44. The summed E-state index contributed by atoms with van der Waals surface area (Å²) in [5.41, 5.74) is 3.86. The zero-order valence-corrected chi connectivity index (χ0v) is 18.3. The molecule has 0 spiro atoms. The molecular weight excluding hydrogens is 394 g/mol. The van der Waals surface area contributed by atoms with E-state index in [1.807, 2.05) is 80.8 Å². The van der Waals surface area contributed by atoms with Crippen LogP contribution in [0, 0.1) is 0 Å².